The second-order valence-corrected chi connectivity index (χ2v) is 5.93. The van der Waals surface area contributed by atoms with Crippen molar-refractivity contribution in [2.45, 2.75) is 72.1 Å². The van der Waals surface area contributed by atoms with Crippen molar-refractivity contribution in [2.75, 3.05) is 0 Å². The van der Waals surface area contributed by atoms with Crippen molar-refractivity contribution in [3.05, 3.63) is 12.2 Å². The van der Waals surface area contributed by atoms with Gasteiger partial charge in [-0.3, -0.25) is 0 Å². The van der Waals surface area contributed by atoms with Crippen LogP contribution < -0.4 is 0 Å². The highest BCUT2D eigenvalue weighted by atomic mass is 14.2. The van der Waals surface area contributed by atoms with Gasteiger partial charge in [0.1, 0.15) is 0 Å². The number of rotatable bonds is 1. The van der Waals surface area contributed by atoms with Crippen molar-refractivity contribution in [1.82, 2.24) is 0 Å². The summed E-state index contributed by atoms with van der Waals surface area (Å²) in [5.74, 6) is 2.65. The first-order chi connectivity index (χ1) is 7.70. The van der Waals surface area contributed by atoms with Gasteiger partial charge in [0, 0.05) is 0 Å². The summed E-state index contributed by atoms with van der Waals surface area (Å²) in [6.07, 6.45) is 16.7. The number of allylic oxidation sites excluding steroid dienone is 2. The first-order valence-corrected chi connectivity index (χ1v) is 7.25. The van der Waals surface area contributed by atoms with Gasteiger partial charge in [0.2, 0.25) is 0 Å². The van der Waals surface area contributed by atoms with E-state index in [9.17, 15) is 0 Å². The fraction of sp³-hybridized carbons (Fsp3) is 0.875. The third-order valence-corrected chi connectivity index (χ3v) is 4.06. The molecule has 1 aliphatic carbocycles. The first-order valence-electron chi connectivity index (χ1n) is 7.25. The quantitative estimate of drug-likeness (QED) is 0.557. The van der Waals surface area contributed by atoms with E-state index in [1.165, 1.54) is 51.4 Å². The van der Waals surface area contributed by atoms with Gasteiger partial charge in [-0.2, -0.15) is 0 Å². The Bertz CT molecular complexity index is 190. The van der Waals surface area contributed by atoms with Crippen molar-refractivity contribution in [1.29, 1.82) is 0 Å². The van der Waals surface area contributed by atoms with E-state index in [2.05, 4.69) is 32.9 Å². The van der Waals surface area contributed by atoms with Gasteiger partial charge in [0.05, 0.1) is 0 Å². The molecule has 0 aromatic rings. The first kappa shape index (κ1) is 13.8. The molecular formula is C16H29. The van der Waals surface area contributed by atoms with Crippen LogP contribution in [0.1, 0.15) is 72.1 Å². The van der Waals surface area contributed by atoms with Crippen molar-refractivity contribution >= 4 is 0 Å². The maximum atomic E-state index is 3.47. The van der Waals surface area contributed by atoms with Gasteiger partial charge in [-0.15, -0.1) is 0 Å². The summed E-state index contributed by atoms with van der Waals surface area (Å²) in [4.78, 5) is 0. The van der Waals surface area contributed by atoms with Gasteiger partial charge in [-0.25, -0.2) is 0 Å². The summed E-state index contributed by atoms with van der Waals surface area (Å²) in [5.41, 5.74) is 0. The van der Waals surface area contributed by atoms with E-state index in [4.69, 9.17) is 0 Å². The van der Waals surface area contributed by atoms with Crippen molar-refractivity contribution < 1.29 is 0 Å². The molecule has 1 radical (unpaired) electrons. The molecule has 0 N–H and O–H groups in total. The molecule has 0 aromatic heterocycles. The molecular weight excluding hydrogens is 192 g/mol. The lowest BCUT2D eigenvalue weighted by atomic mass is 9.84. The monoisotopic (exact) mass is 221 g/mol. The van der Waals surface area contributed by atoms with Crippen LogP contribution in [0.4, 0.5) is 0 Å². The minimum Gasteiger partial charge on any atom is -0.0808 e. The molecule has 0 nitrogen and oxygen atoms in total. The highest BCUT2D eigenvalue weighted by Gasteiger charge is 2.13. The predicted molar refractivity (Wildman–Crippen MR) is 72.2 cm³/mol. The number of hydrogen-bond donors (Lipinski definition) is 0. The molecule has 0 aromatic carbocycles. The van der Waals surface area contributed by atoms with Crippen LogP contribution in [0.15, 0.2) is 6.08 Å². The standard InChI is InChI=1S/C16H29/c1-14(2)16-11-9-7-5-4-6-8-10-15(3)12-13-16/h9,14-16H,4-6,8,10-13H2,1-3H3. The zero-order valence-corrected chi connectivity index (χ0v) is 11.5. The molecule has 0 saturated heterocycles. The van der Waals surface area contributed by atoms with Crippen molar-refractivity contribution in [3.63, 3.8) is 0 Å². The smallest absolute Gasteiger partial charge is 0.0279 e. The Hall–Kier alpha value is -0.260. The van der Waals surface area contributed by atoms with Crippen LogP contribution in [0.3, 0.4) is 0 Å². The predicted octanol–water partition coefficient (Wildman–Crippen LogP) is 5.39. The molecule has 0 amide bonds. The third-order valence-electron chi connectivity index (χ3n) is 4.06. The molecule has 2 unspecified atom stereocenters. The highest BCUT2D eigenvalue weighted by Crippen LogP contribution is 2.26. The maximum absolute atomic E-state index is 3.47. The molecule has 0 saturated carbocycles. The Labute approximate surface area is 103 Å². The molecule has 0 spiro atoms. The average Bonchev–Trinajstić information content (AvgIpc) is 2.23. The summed E-state index contributed by atoms with van der Waals surface area (Å²) in [6.45, 7) is 7.18. The van der Waals surface area contributed by atoms with E-state index in [1.807, 2.05) is 0 Å². The normalized spacial score (nSPS) is 31.8. The molecule has 0 fully saturated rings. The van der Waals surface area contributed by atoms with Gasteiger partial charge in [0.25, 0.3) is 0 Å². The molecule has 2 atom stereocenters. The summed E-state index contributed by atoms with van der Waals surface area (Å²) in [5, 5.41) is 0. The Morgan fingerprint density at radius 3 is 2.62 bits per heavy atom. The highest BCUT2D eigenvalue weighted by molar-refractivity contribution is 4.80. The summed E-state index contributed by atoms with van der Waals surface area (Å²) < 4.78 is 0. The Morgan fingerprint density at radius 2 is 1.88 bits per heavy atom. The lowest BCUT2D eigenvalue weighted by Crippen LogP contribution is -2.10. The van der Waals surface area contributed by atoms with Crippen LogP contribution >= 0.6 is 0 Å². The average molecular weight is 221 g/mol. The Kier molecular flexibility index (Phi) is 6.84. The zero-order chi connectivity index (χ0) is 11.8. The van der Waals surface area contributed by atoms with Gasteiger partial charge in [-0.1, -0.05) is 52.5 Å². The van der Waals surface area contributed by atoms with Gasteiger partial charge >= 0.3 is 0 Å². The van der Waals surface area contributed by atoms with Crippen LogP contribution in [0.5, 0.6) is 0 Å². The summed E-state index contributed by atoms with van der Waals surface area (Å²) in [7, 11) is 0. The van der Waals surface area contributed by atoms with Crippen LogP contribution in [0.2, 0.25) is 0 Å². The molecule has 0 aliphatic heterocycles. The van der Waals surface area contributed by atoms with E-state index in [-0.39, 0.29) is 0 Å². The number of hydrogen-bond acceptors (Lipinski definition) is 0. The van der Waals surface area contributed by atoms with Crippen LogP contribution in [0.25, 0.3) is 0 Å². The SMILES string of the molecule is CC1CCCCC/[C]=C/CC(C(C)C)CC1. The zero-order valence-electron chi connectivity index (χ0n) is 11.5. The van der Waals surface area contributed by atoms with Crippen LogP contribution in [0, 0.1) is 23.8 Å². The lowest BCUT2D eigenvalue weighted by molar-refractivity contribution is 0.317. The van der Waals surface area contributed by atoms with Crippen LogP contribution in [-0.2, 0) is 0 Å². The molecule has 0 heterocycles. The molecule has 0 heteroatoms. The fourth-order valence-electron chi connectivity index (χ4n) is 2.60. The second kappa shape index (κ2) is 7.92. The summed E-state index contributed by atoms with van der Waals surface area (Å²) in [6, 6.07) is 0. The largest absolute Gasteiger partial charge is 0.0808 e. The molecule has 93 valence electrons. The molecule has 0 bridgehead atoms. The Morgan fingerprint density at radius 1 is 1.06 bits per heavy atom. The second-order valence-electron chi connectivity index (χ2n) is 5.93. The lowest BCUT2D eigenvalue weighted by Gasteiger charge is -2.21. The minimum atomic E-state index is 0.827. The Balaban J connectivity index is 2.45. The van der Waals surface area contributed by atoms with Gasteiger partial charge in [0.15, 0.2) is 0 Å². The van der Waals surface area contributed by atoms with Crippen molar-refractivity contribution in [3.8, 4) is 0 Å². The van der Waals surface area contributed by atoms with Crippen LogP contribution in [-0.4, -0.2) is 0 Å². The van der Waals surface area contributed by atoms with E-state index < -0.39 is 0 Å². The van der Waals surface area contributed by atoms with E-state index in [0.717, 1.165) is 17.8 Å². The van der Waals surface area contributed by atoms with Crippen molar-refractivity contribution in [2.24, 2.45) is 17.8 Å². The maximum Gasteiger partial charge on any atom is -0.0279 e. The van der Waals surface area contributed by atoms with E-state index in [1.54, 1.807) is 0 Å². The van der Waals surface area contributed by atoms with Gasteiger partial charge in [-0.05, 0) is 49.5 Å². The van der Waals surface area contributed by atoms with Gasteiger partial charge < -0.3 is 0 Å². The molecule has 1 rings (SSSR count). The fourth-order valence-corrected chi connectivity index (χ4v) is 2.60. The topological polar surface area (TPSA) is 0 Å². The summed E-state index contributed by atoms with van der Waals surface area (Å²) >= 11 is 0. The molecule has 16 heavy (non-hydrogen) atoms. The third kappa shape index (κ3) is 5.72. The minimum absolute atomic E-state index is 0.827. The van der Waals surface area contributed by atoms with E-state index in [0.29, 0.717) is 0 Å². The molecule has 1 aliphatic rings. The van der Waals surface area contributed by atoms with E-state index >= 15 is 0 Å².